The topological polar surface area (TPSA) is 67.8 Å². The number of methoxy groups -OCH3 is 1. The highest BCUT2D eigenvalue weighted by Crippen LogP contribution is 2.29. The summed E-state index contributed by atoms with van der Waals surface area (Å²) in [6.07, 6.45) is -3.20. The number of aliphatic imine (C=N–C) groups is 1. The summed E-state index contributed by atoms with van der Waals surface area (Å²) in [4.78, 5) is 7.99. The second kappa shape index (κ2) is 12.0. The normalized spacial score (nSPS) is 12.4. The molecule has 0 aliphatic carbocycles. The second-order valence-electron chi connectivity index (χ2n) is 5.02. The van der Waals surface area contributed by atoms with Crippen LogP contribution in [0.4, 0.5) is 13.2 Å². The third-order valence-electron chi connectivity index (χ3n) is 2.97. The summed E-state index contributed by atoms with van der Waals surface area (Å²) < 4.78 is 47.7. The van der Waals surface area contributed by atoms with Gasteiger partial charge in [0, 0.05) is 45.2 Å². The monoisotopic (exact) mass is 382 g/mol. The van der Waals surface area contributed by atoms with Gasteiger partial charge in [-0.05, 0) is 13.3 Å². The van der Waals surface area contributed by atoms with Crippen LogP contribution in [0.2, 0.25) is 0 Å². The van der Waals surface area contributed by atoms with Crippen molar-refractivity contribution < 1.29 is 22.6 Å². The van der Waals surface area contributed by atoms with Gasteiger partial charge < -0.3 is 20.1 Å². The van der Waals surface area contributed by atoms with E-state index >= 15 is 0 Å². The Bertz CT molecular complexity index is 509. The highest BCUT2D eigenvalue weighted by Gasteiger charge is 2.33. The van der Waals surface area contributed by atoms with Crippen LogP contribution >= 0.6 is 11.3 Å². The minimum atomic E-state index is -4.39. The molecule has 0 aliphatic heterocycles. The maximum absolute atomic E-state index is 12.5. The maximum Gasteiger partial charge on any atom is 0.434 e. The molecule has 25 heavy (non-hydrogen) atoms. The Morgan fingerprint density at radius 3 is 2.72 bits per heavy atom. The van der Waals surface area contributed by atoms with Gasteiger partial charge in [-0.25, -0.2) is 4.98 Å². The summed E-state index contributed by atoms with van der Waals surface area (Å²) in [5.74, 6) is 0.631. The van der Waals surface area contributed by atoms with E-state index in [9.17, 15) is 13.2 Å². The van der Waals surface area contributed by atoms with E-state index < -0.39 is 11.9 Å². The highest BCUT2D eigenvalue weighted by atomic mass is 32.1. The summed E-state index contributed by atoms with van der Waals surface area (Å²) in [5, 5.41) is 7.67. The van der Waals surface area contributed by atoms with Gasteiger partial charge in [-0.3, -0.25) is 4.99 Å². The molecule has 1 heterocycles. The van der Waals surface area contributed by atoms with Crippen LogP contribution in [0.3, 0.4) is 0 Å². The Morgan fingerprint density at radius 1 is 1.28 bits per heavy atom. The fourth-order valence-corrected chi connectivity index (χ4v) is 2.59. The minimum Gasteiger partial charge on any atom is -0.382 e. The van der Waals surface area contributed by atoms with E-state index in [0.717, 1.165) is 23.1 Å². The van der Waals surface area contributed by atoms with E-state index in [-0.39, 0.29) is 0 Å². The molecule has 0 amide bonds. The molecule has 0 spiro atoms. The van der Waals surface area contributed by atoms with Crippen molar-refractivity contribution in [3.63, 3.8) is 0 Å². The Kier molecular flexibility index (Phi) is 10.4. The number of alkyl halides is 3. The molecule has 0 unspecified atom stereocenters. The van der Waals surface area contributed by atoms with E-state index in [1.165, 1.54) is 0 Å². The van der Waals surface area contributed by atoms with Crippen LogP contribution in [0.5, 0.6) is 0 Å². The first-order valence-corrected chi connectivity index (χ1v) is 8.95. The van der Waals surface area contributed by atoms with Crippen LogP contribution in [0, 0.1) is 0 Å². The van der Waals surface area contributed by atoms with E-state index in [2.05, 4.69) is 20.6 Å². The van der Waals surface area contributed by atoms with E-state index in [0.29, 0.717) is 56.8 Å². The lowest BCUT2D eigenvalue weighted by atomic mass is 10.4. The van der Waals surface area contributed by atoms with E-state index in [1.807, 2.05) is 6.92 Å². The van der Waals surface area contributed by atoms with Crippen LogP contribution in [0.25, 0.3) is 0 Å². The zero-order valence-electron chi connectivity index (χ0n) is 14.5. The lowest BCUT2D eigenvalue weighted by Crippen LogP contribution is -2.38. The standard InChI is InChI=1S/C15H25F3N4O2S/c1-3-19-14(20-6-4-8-24-10-9-23-2)21-7-5-13-22-12(11-25-13)15(16,17)18/h11H,3-10H2,1-2H3,(H2,19,20,21). The third kappa shape index (κ3) is 9.61. The number of nitrogens with one attached hydrogen (secondary N) is 2. The van der Waals surface area contributed by atoms with Crippen molar-refractivity contribution in [1.29, 1.82) is 0 Å². The maximum atomic E-state index is 12.5. The summed E-state index contributed by atoms with van der Waals surface area (Å²) >= 11 is 1.01. The lowest BCUT2D eigenvalue weighted by Gasteiger charge is -2.10. The summed E-state index contributed by atoms with van der Waals surface area (Å²) in [5.41, 5.74) is -0.832. The Hall–Kier alpha value is -1.39. The van der Waals surface area contributed by atoms with Crippen molar-refractivity contribution in [2.75, 3.05) is 46.6 Å². The van der Waals surface area contributed by atoms with Gasteiger partial charge in [-0.15, -0.1) is 11.3 Å². The predicted molar refractivity (Wildman–Crippen MR) is 92.1 cm³/mol. The molecule has 2 N–H and O–H groups in total. The molecule has 0 bridgehead atoms. The minimum absolute atomic E-state index is 0.408. The molecule has 1 aromatic rings. The summed E-state index contributed by atoms with van der Waals surface area (Å²) in [7, 11) is 1.62. The average Bonchev–Trinajstić information content (AvgIpc) is 3.03. The van der Waals surface area contributed by atoms with Gasteiger partial charge in [-0.2, -0.15) is 13.2 Å². The number of nitrogens with zero attached hydrogens (tertiary/aromatic N) is 2. The molecule has 0 atom stereocenters. The van der Waals surface area contributed by atoms with Crippen LogP contribution in [0.15, 0.2) is 10.4 Å². The van der Waals surface area contributed by atoms with Gasteiger partial charge in [0.05, 0.1) is 18.2 Å². The van der Waals surface area contributed by atoms with Crippen LogP contribution < -0.4 is 10.6 Å². The Labute approximate surface area is 149 Å². The third-order valence-corrected chi connectivity index (χ3v) is 3.87. The van der Waals surface area contributed by atoms with Gasteiger partial charge in [0.15, 0.2) is 11.7 Å². The fourth-order valence-electron chi connectivity index (χ4n) is 1.79. The molecule has 144 valence electrons. The largest absolute Gasteiger partial charge is 0.434 e. The first-order chi connectivity index (χ1) is 12.0. The van der Waals surface area contributed by atoms with Gasteiger partial charge >= 0.3 is 6.18 Å². The zero-order valence-corrected chi connectivity index (χ0v) is 15.3. The van der Waals surface area contributed by atoms with Gasteiger partial charge in [0.1, 0.15) is 0 Å². The zero-order chi connectivity index (χ0) is 18.5. The van der Waals surface area contributed by atoms with Gasteiger partial charge in [-0.1, -0.05) is 0 Å². The van der Waals surface area contributed by atoms with Crippen LogP contribution in [0.1, 0.15) is 24.0 Å². The van der Waals surface area contributed by atoms with E-state index in [1.54, 1.807) is 7.11 Å². The van der Waals surface area contributed by atoms with Crippen molar-refractivity contribution in [3.05, 3.63) is 16.1 Å². The quantitative estimate of drug-likeness (QED) is 0.349. The summed E-state index contributed by atoms with van der Waals surface area (Å²) in [6, 6.07) is 0. The number of rotatable bonds is 11. The van der Waals surface area contributed by atoms with Crippen molar-refractivity contribution in [1.82, 2.24) is 15.6 Å². The second-order valence-corrected chi connectivity index (χ2v) is 5.96. The molecule has 0 saturated carbocycles. The van der Waals surface area contributed by atoms with Crippen LogP contribution in [-0.2, 0) is 22.1 Å². The smallest absolute Gasteiger partial charge is 0.382 e. The van der Waals surface area contributed by atoms with Crippen molar-refractivity contribution in [2.24, 2.45) is 4.99 Å². The molecule has 1 aromatic heterocycles. The first-order valence-electron chi connectivity index (χ1n) is 8.07. The van der Waals surface area contributed by atoms with Gasteiger partial charge in [0.25, 0.3) is 0 Å². The summed E-state index contributed by atoms with van der Waals surface area (Å²) in [6.45, 7) is 5.43. The Balaban J connectivity index is 2.30. The molecule has 1 rings (SSSR count). The fraction of sp³-hybridized carbons (Fsp3) is 0.733. The molecule has 0 aliphatic rings. The average molecular weight is 382 g/mol. The lowest BCUT2D eigenvalue weighted by molar-refractivity contribution is -0.140. The van der Waals surface area contributed by atoms with Crippen molar-refractivity contribution in [3.8, 4) is 0 Å². The molecule has 6 nitrogen and oxygen atoms in total. The van der Waals surface area contributed by atoms with Crippen LogP contribution in [-0.4, -0.2) is 57.5 Å². The number of hydrogen-bond acceptors (Lipinski definition) is 5. The first kappa shape index (κ1) is 21.7. The molecule has 0 fully saturated rings. The number of thiazole rings is 1. The number of guanidine groups is 1. The molecule has 10 heteroatoms. The molecule has 0 saturated heterocycles. The molecular weight excluding hydrogens is 357 g/mol. The van der Waals surface area contributed by atoms with Crippen molar-refractivity contribution >= 4 is 17.3 Å². The van der Waals surface area contributed by atoms with Gasteiger partial charge in [0.2, 0.25) is 0 Å². The molecule has 0 aromatic carbocycles. The van der Waals surface area contributed by atoms with Crippen molar-refractivity contribution in [2.45, 2.75) is 25.9 Å². The molecule has 0 radical (unpaired) electrons. The number of halogens is 3. The predicted octanol–water partition coefficient (Wildman–Crippen LogP) is 2.31. The number of hydrogen-bond donors (Lipinski definition) is 2. The Morgan fingerprint density at radius 2 is 2.08 bits per heavy atom. The SMILES string of the molecule is CCNC(=NCCCOCCOC)NCCc1nc(C(F)(F)F)cs1. The van der Waals surface area contributed by atoms with E-state index in [4.69, 9.17) is 9.47 Å². The number of ether oxygens (including phenoxy) is 2. The molecular formula is C15H25F3N4O2S. The number of aromatic nitrogens is 1. The highest BCUT2D eigenvalue weighted by molar-refractivity contribution is 7.09.